The van der Waals surface area contributed by atoms with Crippen LogP contribution in [0.15, 0.2) is 52.9 Å². The average Bonchev–Trinajstić information content (AvgIpc) is 3.19. The van der Waals surface area contributed by atoms with Gasteiger partial charge in [-0.1, -0.05) is 17.8 Å². The summed E-state index contributed by atoms with van der Waals surface area (Å²) in [5, 5.41) is 17.7. The Kier molecular flexibility index (Phi) is 6.02. The zero-order chi connectivity index (χ0) is 19.1. The third-order valence-electron chi connectivity index (χ3n) is 3.62. The molecule has 3 heterocycles. The van der Waals surface area contributed by atoms with Crippen molar-refractivity contribution in [3.05, 3.63) is 64.2 Å². The molecule has 0 radical (unpaired) electrons. The summed E-state index contributed by atoms with van der Waals surface area (Å²) in [6.45, 7) is 0.634. The number of hydrogen-bond donors (Lipinski definition) is 2. The Morgan fingerprint density at radius 1 is 1.41 bits per heavy atom. The minimum absolute atomic E-state index is 0.286. The van der Waals surface area contributed by atoms with E-state index in [0.717, 1.165) is 12.0 Å². The molecule has 0 unspecified atom stereocenters. The van der Waals surface area contributed by atoms with Gasteiger partial charge in [0.15, 0.2) is 0 Å². The Morgan fingerprint density at radius 2 is 2.30 bits per heavy atom. The number of rotatable bonds is 6. The number of carbonyl (C=O) groups is 1. The third kappa shape index (κ3) is 4.62. The molecule has 2 aromatic rings. The van der Waals surface area contributed by atoms with E-state index >= 15 is 0 Å². The first-order valence-corrected chi connectivity index (χ1v) is 8.92. The van der Waals surface area contributed by atoms with E-state index in [1.165, 1.54) is 18.9 Å². The summed E-state index contributed by atoms with van der Waals surface area (Å²) in [5.74, 6) is -0.0656. The number of pyridine rings is 1. The fourth-order valence-electron chi connectivity index (χ4n) is 2.30. The summed E-state index contributed by atoms with van der Waals surface area (Å²) in [6, 6.07) is 7.67. The lowest BCUT2D eigenvalue weighted by Gasteiger charge is -2.08. The molecule has 0 saturated heterocycles. The Morgan fingerprint density at radius 3 is 3.04 bits per heavy atom. The Bertz CT molecular complexity index is 936. The molecule has 0 spiro atoms. The fourth-order valence-corrected chi connectivity index (χ4v) is 3.13. The van der Waals surface area contributed by atoms with Gasteiger partial charge in [-0.05, 0) is 24.1 Å². The third-order valence-corrected chi connectivity index (χ3v) is 4.51. The summed E-state index contributed by atoms with van der Waals surface area (Å²) in [6.07, 6.45) is 5.90. The number of nitriles is 1. The largest absolute Gasteiger partial charge is 0.464 e. The second-order valence-corrected chi connectivity index (χ2v) is 6.27. The minimum Gasteiger partial charge on any atom is -0.464 e. The maximum Gasteiger partial charge on any atom is 0.355 e. The molecule has 9 heteroatoms. The molecule has 8 nitrogen and oxygen atoms in total. The van der Waals surface area contributed by atoms with Crippen LogP contribution in [0.25, 0.3) is 5.57 Å². The predicted molar refractivity (Wildman–Crippen MR) is 102 cm³/mol. The van der Waals surface area contributed by atoms with Crippen molar-refractivity contribution in [2.45, 2.75) is 6.42 Å². The Labute approximate surface area is 160 Å². The summed E-state index contributed by atoms with van der Waals surface area (Å²) in [5.41, 5.74) is 2.18. The Balaban J connectivity index is 1.70. The highest BCUT2D eigenvalue weighted by Gasteiger charge is 2.22. The van der Waals surface area contributed by atoms with Gasteiger partial charge in [0.2, 0.25) is 5.95 Å². The van der Waals surface area contributed by atoms with Crippen LogP contribution in [0.1, 0.15) is 11.3 Å². The van der Waals surface area contributed by atoms with Gasteiger partial charge in [0.25, 0.3) is 0 Å². The first-order chi connectivity index (χ1) is 13.2. The van der Waals surface area contributed by atoms with Crippen LogP contribution < -0.4 is 10.6 Å². The topological polar surface area (TPSA) is 113 Å². The molecule has 0 amide bonds. The molecule has 0 fully saturated rings. The van der Waals surface area contributed by atoms with Crippen molar-refractivity contribution in [3.8, 4) is 6.07 Å². The monoisotopic (exact) mass is 380 g/mol. The molecule has 3 rings (SSSR count). The number of nitrogens with zero attached hydrogens (tertiary/aromatic N) is 4. The summed E-state index contributed by atoms with van der Waals surface area (Å²) in [7, 11) is 1.30. The molecule has 1 aliphatic rings. The van der Waals surface area contributed by atoms with Crippen molar-refractivity contribution in [1.82, 2.24) is 20.3 Å². The lowest BCUT2D eigenvalue weighted by molar-refractivity contribution is -0.136. The molecular weight excluding hydrogens is 364 g/mol. The molecule has 136 valence electrons. The van der Waals surface area contributed by atoms with Gasteiger partial charge in [0.05, 0.1) is 17.8 Å². The number of allylic oxidation sites excluding steroid dienone is 1. The van der Waals surface area contributed by atoms with Crippen molar-refractivity contribution < 1.29 is 9.53 Å². The number of thioether (sulfide) groups is 1. The number of aromatic nitrogens is 3. The molecular formula is C18H16N6O2S. The highest BCUT2D eigenvalue weighted by atomic mass is 32.2. The standard InChI is InChI=1S/C18H16N6O2S/c1-26-17(25)15-11-27-16(23-15)13(9-19)14-5-8-22-18(24-14)21-7-4-12-3-2-6-20-10-12/h2-3,5-6,8,10-11,23H,4,7H2,1H3,(H,21,22,24). The first kappa shape index (κ1) is 18.4. The van der Waals surface area contributed by atoms with Crippen LogP contribution in [0.5, 0.6) is 0 Å². The van der Waals surface area contributed by atoms with E-state index in [9.17, 15) is 10.1 Å². The van der Waals surface area contributed by atoms with Crippen molar-refractivity contribution in [2.24, 2.45) is 0 Å². The molecule has 2 N–H and O–H groups in total. The maximum absolute atomic E-state index is 11.6. The molecule has 0 saturated carbocycles. The van der Waals surface area contributed by atoms with Crippen LogP contribution in [0.2, 0.25) is 0 Å². The quantitative estimate of drug-likeness (QED) is 0.574. The van der Waals surface area contributed by atoms with E-state index in [1.807, 2.05) is 18.3 Å². The first-order valence-electron chi connectivity index (χ1n) is 8.04. The highest BCUT2D eigenvalue weighted by Crippen LogP contribution is 2.31. The zero-order valence-corrected chi connectivity index (χ0v) is 15.3. The van der Waals surface area contributed by atoms with E-state index in [0.29, 0.717) is 28.8 Å². The molecule has 0 aromatic carbocycles. The number of esters is 1. The second-order valence-electron chi connectivity index (χ2n) is 5.39. The summed E-state index contributed by atoms with van der Waals surface area (Å²) in [4.78, 5) is 24.2. The number of anilines is 1. The van der Waals surface area contributed by atoms with Gasteiger partial charge in [-0.25, -0.2) is 14.8 Å². The summed E-state index contributed by atoms with van der Waals surface area (Å²) < 4.78 is 4.67. The lowest BCUT2D eigenvalue weighted by Crippen LogP contribution is -2.17. The van der Waals surface area contributed by atoms with E-state index in [2.05, 4.69) is 36.4 Å². The van der Waals surface area contributed by atoms with Gasteiger partial charge >= 0.3 is 5.97 Å². The van der Waals surface area contributed by atoms with Crippen LogP contribution in [0, 0.1) is 11.3 Å². The van der Waals surface area contributed by atoms with E-state index in [4.69, 9.17) is 0 Å². The van der Waals surface area contributed by atoms with E-state index < -0.39 is 5.97 Å². The molecule has 2 aromatic heterocycles. The van der Waals surface area contributed by atoms with Crippen molar-refractivity contribution in [3.63, 3.8) is 0 Å². The average molecular weight is 380 g/mol. The van der Waals surface area contributed by atoms with Gasteiger partial charge in [0.1, 0.15) is 17.3 Å². The van der Waals surface area contributed by atoms with E-state index in [1.54, 1.807) is 23.9 Å². The van der Waals surface area contributed by atoms with E-state index in [-0.39, 0.29) is 5.70 Å². The number of methoxy groups -OCH3 is 1. The maximum atomic E-state index is 11.6. The second kappa shape index (κ2) is 8.82. The van der Waals surface area contributed by atoms with Gasteiger partial charge in [-0.3, -0.25) is 4.98 Å². The molecule has 0 bridgehead atoms. The molecule has 0 aliphatic carbocycles. The normalized spacial score (nSPS) is 14.6. The van der Waals surface area contributed by atoms with Crippen LogP contribution in [-0.2, 0) is 16.0 Å². The van der Waals surface area contributed by atoms with Crippen LogP contribution in [0.3, 0.4) is 0 Å². The van der Waals surface area contributed by atoms with Gasteiger partial charge in [-0.15, -0.1) is 0 Å². The smallest absolute Gasteiger partial charge is 0.355 e. The molecule has 27 heavy (non-hydrogen) atoms. The van der Waals surface area contributed by atoms with Gasteiger partial charge in [0, 0.05) is 30.5 Å². The van der Waals surface area contributed by atoms with Gasteiger partial charge < -0.3 is 15.4 Å². The van der Waals surface area contributed by atoms with Crippen molar-refractivity contribution >= 4 is 29.3 Å². The number of hydrogen-bond acceptors (Lipinski definition) is 9. The van der Waals surface area contributed by atoms with Gasteiger partial charge in [-0.2, -0.15) is 5.26 Å². The van der Waals surface area contributed by atoms with Crippen molar-refractivity contribution in [1.29, 1.82) is 5.26 Å². The summed E-state index contributed by atoms with van der Waals surface area (Å²) >= 11 is 1.24. The Hall–Kier alpha value is -3.38. The van der Waals surface area contributed by atoms with Crippen LogP contribution in [0.4, 0.5) is 5.95 Å². The molecule has 1 aliphatic heterocycles. The highest BCUT2D eigenvalue weighted by molar-refractivity contribution is 8.06. The zero-order valence-electron chi connectivity index (χ0n) is 14.5. The number of nitrogens with one attached hydrogen (secondary N) is 2. The lowest BCUT2D eigenvalue weighted by atomic mass is 10.2. The number of ether oxygens (including phenoxy) is 1. The fraction of sp³-hybridized carbons (Fsp3) is 0.167. The molecule has 0 atom stereocenters. The predicted octanol–water partition coefficient (Wildman–Crippen LogP) is 2.07. The van der Waals surface area contributed by atoms with Crippen molar-refractivity contribution in [2.75, 3.05) is 19.0 Å². The number of carbonyl (C=O) groups excluding carboxylic acids is 1. The SMILES string of the molecule is COC(=O)C1=CSC(=C(C#N)c2ccnc(NCCc3cccnc3)n2)N1. The van der Waals surface area contributed by atoms with Crippen LogP contribution in [-0.4, -0.2) is 34.6 Å². The minimum atomic E-state index is -0.491. The van der Waals surface area contributed by atoms with Crippen LogP contribution >= 0.6 is 11.8 Å².